The first-order valence-corrected chi connectivity index (χ1v) is 9.00. The Labute approximate surface area is 160 Å². The molecule has 2 rings (SSSR count). The minimum absolute atomic E-state index is 0.0608. The van der Waals surface area contributed by atoms with E-state index in [9.17, 15) is 22.8 Å². The van der Waals surface area contributed by atoms with Gasteiger partial charge in [0.2, 0.25) is 11.9 Å². The highest BCUT2D eigenvalue weighted by atomic mass is 127. The Morgan fingerprint density at radius 3 is 2.54 bits per heavy atom. The van der Waals surface area contributed by atoms with Crippen LogP contribution in [0.3, 0.4) is 0 Å². The van der Waals surface area contributed by atoms with Gasteiger partial charge in [0, 0.05) is 4.43 Å². The summed E-state index contributed by atoms with van der Waals surface area (Å²) in [5.41, 5.74) is -1.28. The zero-order valence-electron chi connectivity index (χ0n) is 14.1. The molecule has 0 bridgehead atoms. The first-order chi connectivity index (χ1) is 11.9. The van der Waals surface area contributed by atoms with Gasteiger partial charge in [-0.3, -0.25) is 0 Å². The van der Waals surface area contributed by atoms with E-state index in [2.05, 4.69) is 4.98 Å². The van der Waals surface area contributed by atoms with E-state index in [1.165, 1.54) is 26.8 Å². The summed E-state index contributed by atoms with van der Waals surface area (Å²) in [4.78, 5) is 27.8. The molecule has 142 valence electrons. The summed E-state index contributed by atoms with van der Waals surface area (Å²) in [5.74, 6) is -0.952. The maximum atomic E-state index is 13.4. The molecule has 1 unspecified atom stereocenters. The van der Waals surface area contributed by atoms with E-state index in [-0.39, 0.29) is 10.9 Å². The van der Waals surface area contributed by atoms with E-state index in [0.29, 0.717) is 9.99 Å². The van der Waals surface area contributed by atoms with Crippen molar-refractivity contribution in [2.75, 3.05) is 0 Å². The molecule has 1 aromatic carbocycles. The molecular weight excluding hydrogens is 468 g/mol. The van der Waals surface area contributed by atoms with Crippen molar-refractivity contribution in [2.45, 2.75) is 43.0 Å². The largest absolute Gasteiger partial charge is 0.444 e. The van der Waals surface area contributed by atoms with E-state index in [4.69, 9.17) is 9.15 Å². The summed E-state index contributed by atoms with van der Waals surface area (Å²) in [7, 11) is 0. The third-order valence-corrected chi connectivity index (χ3v) is 3.96. The molecule has 0 aliphatic carbocycles. The quantitative estimate of drug-likeness (QED) is 0.521. The molecule has 0 saturated carbocycles. The van der Waals surface area contributed by atoms with Gasteiger partial charge < -0.3 is 14.5 Å². The highest BCUT2D eigenvalue weighted by Gasteiger charge is 2.46. The smallest absolute Gasteiger partial charge is 0.417 e. The van der Waals surface area contributed by atoms with Crippen LogP contribution >= 0.6 is 22.6 Å². The summed E-state index contributed by atoms with van der Waals surface area (Å²) < 4.78 is 50.3. The highest BCUT2D eigenvalue weighted by molar-refractivity contribution is 14.1. The Morgan fingerprint density at radius 2 is 2.00 bits per heavy atom. The standard InChI is InChI=1S/C16H16F3IN2O4/c1-15(2,3)26-14(24)22-11(16(17,18)19)12-21-9-6-4-5-8(7-20)10(9)13(23)25-12/h4-6,11H,7H2,1-3H3,(H,22,24). The lowest BCUT2D eigenvalue weighted by Gasteiger charge is -2.24. The molecule has 1 amide bonds. The maximum Gasteiger partial charge on any atom is 0.417 e. The second-order valence-electron chi connectivity index (χ2n) is 6.41. The number of amides is 1. The highest BCUT2D eigenvalue weighted by Crippen LogP contribution is 2.32. The van der Waals surface area contributed by atoms with Crippen LogP contribution in [0, 0.1) is 0 Å². The van der Waals surface area contributed by atoms with Gasteiger partial charge in [0.15, 0.2) is 0 Å². The van der Waals surface area contributed by atoms with Gasteiger partial charge in [-0.15, -0.1) is 0 Å². The molecule has 1 aromatic heterocycles. The second kappa shape index (κ2) is 7.41. The monoisotopic (exact) mass is 484 g/mol. The minimum atomic E-state index is -4.94. The Hall–Kier alpha value is -1.85. The van der Waals surface area contributed by atoms with Crippen LogP contribution in [0.1, 0.15) is 38.3 Å². The van der Waals surface area contributed by atoms with Gasteiger partial charge in [0.1, 0.15) is 5.60 Å². The van der Waals surface area contributed by atoms with Crippen LogP contribution in [0.2, 0.25) is 0 Å². The SMILES string of the molecule is CC(C)(C)OC(=O)NC(c1nc2cccc(CI)c2c(=O)o1)C(F)(F)F. The number of halogens is 4. The molecule has 6 nitrogen and oxygen atoms in total. The van der Waals surface area contributed by atoms with Crippen molar-refractivity contribution in [2.24, 2.45) is 0 Å². The molecule has 26 heavy (non-hydrogen) atoms. The van der Waals surface area contributed by atoms with Crippen LogP contribution in [0.25, 0.3) is 10.9 Å². The molecule has 0 fully saturated rings. The van der Waals surface area contributed by atoms with Crippen molar-refractivity contribution >= 4 is 39.6 Å². The molecule has 0 radical (unpaired) electrons. The Bertz CT molecular complexity index is 874. The molecular formula is C16H16F3IN2O4. The van der Waals surface area contributed by atoms with Crippen molar-refractivity contribution in [3.8, 4) is 0 Å². The molecule has 0 aliphatic rings. The van der Waals surface area contributed by atoms with Crippen molar-refractivity contribution < 1.29 is 27.1 Å². The van der Waals surface area contributed by atoms with Crippen LogP contribution in [0.15, 0.2) is 27.4 Å². The Kier molecular flexibility index (Phi) is 5.83. The summed E-state index contributed by atoms with van der Waals surface area (Å²) >= 11 is 2.02. The second-order valence-corrected chi connectivity index (χ2v) is 7.17. The van der Waals surface area contributed by atoms with Gasteiger partial charge in [-0.05, 0) is 32.4 Å². The number of alkyl carbamates (subject to hydrolysis) is 1. The Morgan fingerprint density at radius 1 is 1.35 bits per heavy atom. The molecule has 10 heteroatoms. The van der Waals surface area contributed by atoms with Gasteiger partial charge in [0.25, 0.3) is 0 Å². The topological polar surface area (TPSA) is 81.4 Å². The summed E-state index contributed by atoms with van der Waals surface area (Å²) in [6.45, 7) is 4.53. The number of benzene rings is 1. The van der Waals surface area contributed by atoms with Gasteiger partial charge in [-0.2, -0.15) is 13.2 Å². The molecule has 1 heterocycles. The third kappa shape index (κ3) is 4.86. The van der Waals surface area contributed by atoms with E-state index >= 15 is 0 Å². The minimum Gasteiger partial charge on any atom is -0.444 e. The maximum absolute atomic E-state index is 13.4. The summed E-state index contributed by atoms with van der Waals surface area (Å²) in [6.07, 6.45) is -6.24. The molecule has 0 saturated heterocycles. The number of hydrogen-bond acceptors (Lipinski definition) is 5. The fraction of sp³-hybridized carbons (Fsp3) is 0.438. The van der Waals surface area contributed by atoms with E-state index in [0.717, 1.165) is 0 Å². The first kappa shape index (κ1) is 20.5. The van der Waals surface area contributed by atoms with Gasteiger partial charge in [-0.25, -0.2) is 14.6 Å². The number of carbonyl (C=O) groups excluding carboxylic acids is 1. The zero-order chi connectivity index (χ0) is 19.7. The predicted octanol–water partition coefficient (Wildman–Crippen LogP) is 4.25. The number of fused-ring (bicyclic) bond motifs is 1. The molecule has 1 N–H and O–H groups in total. The lowest BCUT2D eigenvalue weighted by Crippen LogP contribution is -2.41. The summed E-state index contributed by atoms with van der Waals surface area (Å²) in [6, 6.07) is 2.04. The third-order valence-electron chi connectivity index (χ3n) is 3.14. The number of hydrogen-bond donors (Lipinski definition) is 1. The summed E-state index contributed by atoms with van der Waals surface area (Å²) in [5, 5.41) is 1.78. The van der Waals surface area contributed by atoms with Crippen molar-refractivity contribution in [3.05, 3.63) is 40.1 Å². The molecule has 0 spiro atoms. The first-order valence-electron chi connectivity index (χ1n) is 7.47. The lowest BCUT2D eigenvalue weighted by molar-refractivity contribution is -0.162. The number of aromatic nitrogens is 1. The number of nitrogens with zero attached hydrogens (tertiary/aromatic N) is 1. The Balaban J connectivity index is 2.49. The van der Waals surface area contributed by atoms with Gasteiger partial charge >= 0.3 is 17.9 Å². The normalized spacial score (nSPS) is 13.5. The van der Waals surface area contributed by atoms with Crippen molar-refractivity contribution in [1.29, 1.82) is 0 Å². The number of ether oxygens (including phenoxy) is 1. The lowest BCUT2D eigenvalue weighted by atomic mass is 10.1. The van der Waals surface area contributed by atoms with Crippen molar-refractivity contribution in [3.63, 3.8) is 0 Å². The molecule has 2 aromatic rings. The number of rotatable bonds is 3. The number of alkyl halides is 4. The van der Waals surface area contributed by atoms with Gasteiger partial charge in [-0.1, -0.05) is 34.7 Å². The molecule has 1 atom stereocenters. The number of nitrogens with one attached hydrogen (secondary N) is 1. The average molecular weight is 484 g/mol. The number of carbonyl (C=O) groups is 1. The van der Waals surface area contributed by atoms with Crippen LogP contribution in [0.5, 0.6) is 0 Å². The van der Waals surface area contributed by atoms with E-state index in [1.807, 2.05) is 22.6 Å². The fourth-order valence-corrected chi connectivity index (χ4v) is 2.78. The van der Waals surface area contributed by atoms with E-state index < -0.39 is 35.4 Å². The van der Waals surface area contributed by atoms with Gasteiger partial charge in [0.05, 0.1) is 10.9 Å². The van der Waals surface area contributed by atoms with Crippen molar-refractivity contribution in [1.82, 2.24) is 10.3 Å². The molecule has 0 aliphatic heterocycles. The fourth-order valence-electron chi connectivity index (χ4n) is 2.15. The van der Waals surface area contributed by atoms with Crippen LogP contribution in [-0.2, 0) is 9.16 Å². The van der Waals surface area contributed by atoms with Crippen LogP contribution in [-0.4, -0.2) is 22.9 Å². The van der Waals surface area contributed by atoms with Crippen LogP contribution < -0.4 is 10.9 Å². The predicted molar refractivity (Wildman–Crippen MR) is 96.2 cm³/mol. The van der Waals surface area contributed by atoms with Crippen LogP contribution in [0.4, 0.5) is 18.0 Å². The van der Waals surface area contributed by atoms with E-state index in [1.54, 1.807) is 17.4 Å². The average Bonchev–Trinajstić information content (AvgIpc) is 2.49. The zero-order valence-corrected chi connectivity index (χ0v) is 16.3.